The van der Waals surface area contributed by atoms with Crippen LogP contribution in [0.25, 0.3) is 0 Å². The molecule has 0 aromatic heterocycles. The lowest BCUT2D eigenvalue weighted by Gasteiger charge is -2.13. The first kappa shape index (κ1) is 15.0. The maximum atomic E-state index is 11.6. The summed E-state index contributed by atoms with van der Waals surface area (Å²) in [5.41, 5.74) is 1.35. The van der Waals surface area contributed by atoms with Crippen molar-refractivity contribution in [3.63, 3.8) is 0 Å². The van der Waals surface area contributed by atoms with Crippen molar-refractivity contribution in [3.05, 3.63) is 29.8 Å². The number of nitrogens with one attached hydrogen (secondary N) is 2. The number of aliphatic carboxylic acids is 1. The van der Waals surface area contributed by atoms with Crippen molar-refractivity contribution in [3.8, 4) is 0 Å². The molecule has 3 N–H and O–H groups in total. The standard InChI is InChI=1S/C14H20N2O3/c1-3-4-10(2)15-14(19)16-12-7-5-11(6-8-12)9-13(17)18/h5-8,10H,3-4,9H2,1-2H3,(H,17,18)(H2,15,16,19). The average molecular weight is 264 g/mol. The summed E-state index contributed by atoms with van der Waals surface area (Å²) in [5, 5.41) is 14.2. The van der Waals surface area contributed by atoms with Crippen LogP contribution in [0.15, 0.2) is 24.3 Å². The van der Waals surface area contributed by atoms with Crippen LogP contribution in [-0.2, 0) is 11.2 Å². The highest BCUT2D eigenvalue weighted by Gasteiger charge is 2.06. The zero-order valence-electron chi connectivity index (χ0n) is 11.3. The molecule has 0 radical (unpaired) electrons. The minimum Gasteiger partial charge on any atom is -0.481 e. The van der Waals surface area contributed by atoms with Crippen molar-refractivity contribution >= 4 is 17.7 Å². The van der Waals surface area contributed by atoms with Gasteiger partial charge in [-0.05, 0) is 31.0 Å². The van der Waals surface area contributed by atoms with Gasteiger partial charge in [0.15, 0.2) is 0 Å². The molecule has 2 amide bonds. The number of carboxylic acid groups (broad SMARTS) is 1. The molecule has 1 atom stereocenters. The van der Waals surface area contributed by atoms with E-state index in [2.05, 4.69) is 17.6 Å². The molecule has 0 saturated heterocycles. The van der Waals surface area contributed by atoms with Gasteiger partial charge in [-0.25, -0.2) is 4.79 Å². The fourth-order valence-electron chi connectivity index (χ4n) is 1.78. The zero-order valence-corrected chi connectivity index (χ0v) is 11.3. The lowest BCUT2D eigenvalue weighted by Crippen LogP contribution is -2.35. The molecule has 0 aliphatic rings. The summed E-state index contributed by atoms with van der Waals surface area (Å²) in [7, 11) is 0. The number of anilines is 1. The summed E-state index contributed by atoms with van der Waals surface area (Å²) >= 11 is 0. The van der Waals surface area contributed by atoms with Crippen LogP contribution in [0.4, 0.5) is 10.5 Å². The minimum atomic E-state index is -0.869. The summed E-state index contributed by atoms with van der Waals surface area (Å²) in [4.78, 5) is 22.2. The topological polar surface area (TPSA) is 78.4 Å². The van der Waals surface area contributed by atoms with E-state index < -0.39 is 5.97 Å². The molecular weight excluding hydrogens is 244 g/mol. The van der Waals surface area contributed by atoms with Gasteiger partial charge in [0.05, 0.1) is 6.42 Å². The van der Waals surface area contributed by atoms with Gasteiger partial charge in [-0.3, -0.25) is 4.79 Å². The Hall–Kier alpha value is -2.04. The fraction of sp³-hybridized carbons (Fsp3) is 0.429. The molecule has 0 aliphatic heterocycles. The normalized spacial score (nSPS) is 11.7. The van der Waals surface area contributed by atoms with E-state index in [-0.39, 0.29) is 18.5 Å². The average Bonchev–Trinajstić information content (AvgIpc) is 2.31. The summed E-state index contributed by atoms with van der Waals surface area (Å²) in [6.07, 6.45) is 1.94. The van der Waals surface area contributed by atoms with Gasteiger partial charge >= 0.3 is 12.0 Å². The quantitative estimate of drug-likeness (QED) is 0.739. The molecule has 104 valence electrons. The van der Waals surface area contributed by atoms with Crippen LogP contribution in [-0.4, -0.2) is 23.1 Å². The van der Waals surface area contributed by atoms with Gasteiger partial charge in [-0.1, -0.05) is 25.5 Å². The van der Waals surface area contributed by atoms with Crippen molar-refractivity contribution < 1.29 is 14.7 Å². The van der Waals surface area contributed by atoms with Crippen LogP contribution in [0.1, 0.15) is 32.3 Å². The molecule has 1 aromatic carbocycles. The zero-order chi connectivity index (χ0) is 14.3. The van der Waals surface area contributed by atoms with E-state index in [1.807, 2.05) is 6.92 Å². The van der Waals surface area contributed by atoms with Gasteiger partial charge in [-0.15, -0.1) is 0 Å². The lowest BCUT2D eigenvalue weighted by molar-refractivity contribution is -0.136. The molecule has 5 nitrogen and oxygen atoms in total. The number of amides is 2. The van der Waals surface area contributed by atoms with Crippen LogP contribution >= 0.6 is 0 Å². The monoisotopic (exact) mass is 264 g/mol. The molecular formula is C14H20N2O3. The molecule has 19 heavy (non-hydrogen) atoms. The van der Waals surface area contributed by atoms with Crippen LogP contribution in [0.5, 0.6) is 0 Å². The Kier molecular flexibility index (Phi) is 5.85. The second kappa shape index (κ2) is 7.41. The van der Waals surface area contributed by atoms with Gasteiger partial charge in [0, 0.05) is 11.7 Å². The van der Waals surface area contributed by atoms with Crippen molar-refractivity contribution in [2.24, 2.45) is 0 Å². The number of carbonyl (C=O) groups is 2. The molecule has 1 unspecified atom stereocenters. The lowest BCUT2D eigenvalue weighted by atomic mass is 10.1. The first-order valence-electron chi connectivity index (χ1n) is 6.39. The Bertz CT molecular complexity index is 429. The van der Waals surface area contributed by atoms with E-state index in [1.165, 1.54) is 0 Å². The second-order valence-corrected chi connectivity index (χ2v) is 4.56. The van der Waals surface area contributed by atoms with E-state index in [0.29, 0.717) is 11.3 Å². The van der Waals surface area contributed by atoms with Crippen LogP contribution in [0.2, 0.25) is 0 Å². The highest BCUT2D eigenvalue weighted by molar-refractivity contribution is 5.89. The molecule has 0 bridgehead atoms. The second-order valence-electron chi connectivity index (χ2n) is 4.56. The summed E-state index contributed by atoms with van der Waals surface area (Å²) in [5.74, 6) is -0.869. The molecule has 0 aliphatic carbocycles. The molecule has 0 heterocycles. The minimum absolute atomic E-state index is 0.0139. The number of benzene rings is 1. The van der Waals surface area contributed by atoms with Gasteiger partial charge < -0.3 is 15.7 Å². The van der Waals surface area contributed by atoms with E-state index in [0.717, 1.165) is 12.8 Å². The SMILES string of the molecule is CCCC(C)NC(=O)Nc1ccc(CC(=O)O)cc1. The van der Waals surface area contributed by atoms with E-state index in [1.54, 1.807) is 24.3 Å². The van der Waals surface area contributed by atoms with E-state index in [9.17, 15) is 9.59 Å². The Balaban J connectivity index is 2.48. The Morgan fingerprint density at radius 2 is 1.89 bits per heavy atom. The van der Waals surface area contributed by atoms with Crippen molar-refractivity contribution in [2.45, 2.75) is 39.2 Å². The third-order valence-electron chi connectivity index (χ3n) is 2.67. The first-order valence-corrected chi connectivity index (χ1v) is 6.39. The number of hydrogen-bond acceptors (Lipinski definition) is 2. The van der Waals surface area contributed by atoms with E-state index >= 15 is 0 Å². The molecule has 0 saturated carbocycles. The van der Waals surface area contributed by atoms with Gasteiger partial charge in [-0.2, -0.15) is 0 Å². The Morgan fingerprint density at radius 3 is 2.42 bits per heavy atom. The smallest absolute Gasteiger partial charge is 0.319 e. The molecule has 5 heteroatoms. The summed E-state index contributed by atoms with van der Waals surface area (Å²) in [6, 6.07) is 6.67. The van der Waals surface area contributed by atoms with E-state index in [4.69, 9.17) is 5.11 Å². The molecule has 0 spiro atoms. The highest BCUT2D eigenvalue weighted by atomic mass is 16.4. The Labute approximate surface area is 113 Å². The molecule has 0 fully saturated rings. The van der Waals surface area contributed by atoms with Crippen molar-refractivity contribution in [1.82, 2.24) is 5.32 Å². The maximum Gasteiger partial charge on any atom is 0.319 e. The molecule has 1 rings (SSSR count). The number of carboxylic acids is 1. The number of rotatable bonds is 6. The van der Waals surface area contributed by atoms with Crippen LogP contribution in [0, 0.1) is 0 Å². The van der Waals surface area contributed by atoms with Crippen LogP contribution < -0.4 is 10.6 Å². The molecule has 1 aromatic rings. The highest BCUT2D eigenvalue weighted by Crippen LogP contribution is 2.10. The van der Waals surface area contributed by atoms with Crippen molar-refractivity contribution in [2.75, 3.05) is 5.32 Å². The van der Waals surface area contributed by atoms with Crippen LogP contribution in [0.3, 0.4) is 0 Å². The van der Waals surface area contributed by atoms with Gasteiger partial charge in [0.25, 0.3) is 0 Å². The largest absolute Gasteiger partial charge is 0.481 e. The van der Waals surface area contributed by atoms with Crippen molar-refractivity contribution in [1.29, 1.82) is 0 Å². The summed E-state index contributed by atoms with van der Waals surface area (Å²) in [6.45, 7) is 4.02. The summed E-state index contributed by atoms with van der Waals surface area (Å²) < 4.78 is 0. The maximum absolute atomic E-state index is 11.6. The predicted octanol–water partition coefficient (Wildman–Crippen LogP) is 2.62. The first-order chi connectivity index (χ1) is 9.01. The number of urea groups is 1. The van der Waals surface area contributed by atoms with Gasteiger partial charge in [0.1, 0.15) is 0 Å². The third kappa shape index (κ3) is 5.90. The van der Waals surface area contributed by atoms with Gasteiger partial charge in [0.2, 0.25) is 0 Å². The Morgan fingerprint density at radius 1 is 1.26 bits per heavy atom. The predicted molar refractivity (Wildman–Crippen MR) is 74.3 cm³/mol. The third-order valence-corrected chi connectivity index (χ3v) is 2.67. The number of hydrogen-bond donors (Lipinski definition) is 3. The fourth-order valence-corrected chi connectivity index (χ4v) is 1.78. The number of carbonyl (C=O) groups excluding carboxylic acids is 1.